The van der Waals surface area contributed by atoms with Crippen molar-refractivity contribution in [1.29, 1.82) is 0 Å². The number of rotatable bonds is 7. The number of ether oxygens (including phenoxy) is 1. The lowest BCUT2D eigenvalue weighted by Crippen LogP contribution is -2.32. The van der Waals surface area contributed by atoms with Gasteiger partial charge in [0.05, 0.1) is 10.6 Å². The van der Waals surface area contributed by atoms with E-state index in [1.807, 2.05) is 42.5 Å². The highest BCUT2D eigenvalue weighted by Crippen LogP contribution is 2.36. The molecule has 0 spiro atoms. The monoisotopic (exact) mass is 409 g/mol. The van der Waals surface area contributed by atoms with E-state index in [-0.39, 0.29) is 12.5 Å². The van der Waals surface area contributed by atoms with Crippen molar-refractivity contribution in [3.8, 4) is 5.75 Å². The summed E-state index contributed by atoms with van der Waals surface area (Å²) in [6, 6.07) is 16.8. The van der Waals surface area contributed by atoms with E-state index in [0.29, 0.717) is 33.8 Å². The molecule has 2 amide bonds. The van der Waals surface area contributed by atoms with E-state index >= 15 is 0 Å². The molecule has 7 heteroatoms. The van der Waals surface area contributed by atoms with Crippen molar-refractivity contribution in [1.82, 2.24) is 4.90 Å². The molecule has 2 aromatic carbocycles. The van der Waals surface area contributed by atoms with Crippen molar-refractivity contribution in [3.63, 3.8) is 0 Å². The van der Waals surface area contributed by atoms with E-state index in [0.717, 1.165) is 5.69 Å². The Bertz CT molecular complexity index is 955. The maximum absolute atomic E-state index is 13.1. The molecule has 0 atom stereocenters. The molecule has 29 heavy (non-hydrogen) atoms. The van der Waals surface area contributed by atoms with Gasteiger partial charge in [-0.3, -0.25) is 14.5 Å². The first-order valence-corrected chi connectivity index (χ1v) is 10.1. The van der Waals surface area contributed by atoms with E-state index in [4.69, 9.17) is 10.5 Å². The summed E-state index contributed by atoms with van der Waals surface area (Å²) >= 11 is 1.33. The minimum Gasteiger partial charge on any atom is -0.483 e. The summed E-state index contributed by atoms with van der Waals surface area (Å²) in [5, 5.41) is 0.650. The second-order valence-corrected chi connectivity index (χ2v) is 7.95. The molecule has 0 aromatic heterocycles. The minimum atomic E-state index is -0.556. The van der Waals surface area contributed by atoms with Crippen LogP contribution in [-0.4, -0.2) is 35.0 Å². The minimum absolute atomic E-state index is 0.0944. The number of benzene rings is 2. The van der Waals surface area contributed by atoms with E-state index in [1.54, 1.807) is 23.1 Å². The van der Waals surface area contributed by atoms with Gasteiger partial charge >= 0.3 is 0 Å². The number of carbonyl (C=O) groups excluding carboxylic acids is 2. The van der Waals surface area contributed by atoms with Crippen LogP contribution < -0.4 is 10.5 Å². The lowest BCUT2D eigenvalue weighted by atomic mass is 10.1. The summed E-state index contributed by atoms with van der Waals surface area (Å²) in [4.78, 5) is 31.0. The largest absolute Gasteiger partial charge is 0.483 e. The first kappa shape index (κ1) is 20.7. The van der Waals surface area contributed by atoms with Crippen molar-refractivity contribution >= 4 is 40.5 Å². The molecule has 1 fully saturated rings. The van der Waals surface area contributed by atoms with Crippen LogP contribution in [0.3, 0.4) is 0 Å². The van der Waals surface area contributed by atoms with Gasteiger partial charge in [0.1, 0.15) is 5.75 Å². The lowest BCUT2D eigenvalue weighted by molar-refractivity contribution is -0.122. The first-order valence-electron chi connectivity index (χ1n) is 9.29. The molecular formula is C22H23N3O3S. The number of nitrogens with zero attached hydrogens (tertiary/aromatic N) is 2. The van der Waals surface area contributed by atoms with Gasteiger partial charge in [-0.1, -0.05) is 50.2 Å². The van der Waals surface area contributed by atoms with Crippen molar-refractivity contribution in [3.05, 3.63) is 65.1 Å². The van der Waals surface area contributed by atoms with Crippen LogP contribution in [0, 0.1) is 5.92 Å². The number of primary amides is 1. The fraction of sp³-hybridized carbons (Fsp3) is 0.227. The van der Waals surface area contributed by atoms with Crippen molar-refractivity contribution in [2.45, 2.75) is 13.8 Å². The third-order valence-corrected chi connectivity index (χ3v) is 5.00. The highest BCUT2D eigenvalue weighted by atomic mass is 32.2. The van der Waals surface area contributed by atoms with Gasteiger partial charge in [0.25, 0.3) is 11.8 Å². The van der Waals surface area contributed by atoms with E-state index in [1.165, 1.54) is 11.8 Å². The molecule has 0 bridgehead atoms. The molecule has 1 aliphatic rings. The van der Waals surface area contributed by atoms with Gasteiger partial charge in [-0.15, -0.1) is 0 Å². The molecule has 1 aliphatic heterocycles. The lowest BCUT2D eigenvalue weighted by Gasteiger charge is -2.17. The summed E-state index contributed by atoms with van der Waals surface area (Å²) in [5.41, 5.74) is 6.67. The summed E-state index contributed by atoms with van der Waals surface area (Å²) in [6.45, 7) is 4.48. The Balaban J connectivity index is 1.93. The summed E-state index contributed by atoms with van der Waals surface area (Å²) in [5.74, 6) is 0.143. The summed E-state index contributed by atoms with van der Waals surface area (Å²) in [6.07, 6.45) is 1.77. The smallest absolute Gasteiger partial charge is 0.266 e. The Labute approximate surface area is 174 Å². The quantitative estimate of drug-likeness (QED) is 0.705. The molecule has 2 N–H and O–H groups in total. The Morgan fingerprint density at radius 2 is 1.86 bits per heavy atom. The molecule has 1 heterocycles. The van der Waals surface area contributed by atoms with Crippen LogP contribution in [0.1, 0.15) is 19.4 Å². The molecular weight excluding hydrogens is 386 g/mol. The van der Waals surface area contributed by atoms with E-state index in [2.05, 4.69) is 18.8 Å². The van der Waals surface area contributed by atoms with E-state index < -0.39 is 5.91 Å². The van der Waals surface area contributed by atoms with Crippen molar-refractivity contribution < 1.29 is 14.3 Å². The van der Waals surface area contributed by atoms with Gasteiger partial charge in [-0.05, 0) is 42.0 Å². The number of amides is 2. The Hall–Kier alpha value is -3.06. The molecule has 2 aromatic rings. The van der Waals surface area contributed by atoms with Crippen LogP contribution in [0.2, 0.25) is 0 Å². The molecule has 0 radical (unpaired) electrons. The summed E-state index contributed by atoms with van der Waals surface area (Å²) in [7, 11) is 0. The van der Waals surface area contributed by atoms with Crippen LogP contribution in [0.4, 0.5) is 5.69 Å². The average Bonchev–Trinajstić information content (AvgIpc) is 2.96. The first-order chi connectivity index (χ1) is 13.9. The highest BCUT2D eigenvalue weighted by Gasteiger charge is 2.33. The number of thioether (sulfide) groups is 1. The number of nitrogens with two attached hydrogens (primary N) is 1. The van der Waals surface area contributed by atoms with Crippen molar-refractivity contribution in [2.24, 2.45) is 16.6 Å². The second-order valence-electron chi connectivity index (χ2n) is 6.94. The normalized spacial score (nSPS) is 16.8. The fourth-order valence-electron chi connectivity index (χ4n) is 2.75. The van der Waals surface area contributed by atoms with Gasteiger partial charge in [-0.2, -0.15) is 0 Å². The van der Waals surface area contributed by atoms with Crippen LogP contribution >= 0.6 is 11.8 Å². The van der Waals surface area contributed by atoms with E-state index in [9.17, 15) is 9.59 Å². The SMILES string of the molecule is CC(C)CN1C(=O)/C(=C\c2ccccc2OCC(N)=O)SC1=Nc1ccccc1. The molecule has 0 unspecified atom stereocenters. The number of amidine groups is 1. The molecule has 1 saturated heterocycles. The fourth-order valence-corrected chi connectivity index (χ4v) is 3.75. The predicted molar refractivity (Wildman–Crippen MR) is 117 cm³/mol. The van der Waals surface area contributed by atoms with Gasteiger partial charge in [0.2, 0.25) is 0 Å². The van der Waals surface area contributed by atoms with Crippen molar-refractivity contribution in [2.75, 3.05) is 13.2 Å². The number of hydrogen-bond acceptors (Lipinski definition) is 5. The van der Waals surface area contributed by atoms with Crippen LogP contribution in [0.15, 0.2) is 64.5 Å². The second kappa shape index (κ2) is 9.43. The number of para-hydroxylation sites is 2. The third kappa shape index (κ3) is 5.48. The van der Waals surface area contributed by atoms with Crippen LogP contribution in [-0.2, 0) is 9.59 Å². The summed E-state index contributed by atoms with van der Waals surface area (Å²) < 4.78 is 5.47. The number of hydrogen-bond donors (Lipinski definition) is 1. The maximum Gasteiger partial charge on any atom is 0.266 e. The van der Waals surface area contributed by atoms with Gasteiger partial charge in [0, 0.05) is 12.1 Å². The Kier molecular flexibility index (Phi) is 6.72. The topological polar surface area (TPSA) is 85.0 Å². The average molecular weight is 410 g/mol. The van der Waals surface area contributed by atoms with Gasteiger partial charge in [0.15, 0.2) is 11.8 Å². The molecule has 150 valence electrons. The molecule has 6 nitrogen and oxygen atoms in total. The number of aliphatic imine (C=N–C) groups is 1. The zero-order valence-electron chi connectivity index (χ0n) is 16.4. The standard InChI is InChI=1S/C22H23N3O3S/c1-15(2)13-25-21(27)19(29-22(25)24-17-9-4-3-5-10-17)12-16-8-6-7-11-18(16)28-14-20(23)26/h3-12,15H,13-14H2,1-2H3,(H2,23,26)/b19-12+,24-22?. The van der Waals surface area contributed by atoms with Gasteiger partial charge < -0.3 is 10.5 Å². The maximum atomic E-state index is 13.1. The highest BCUT2D eigenvalue weighted by molar-refractivity contribution is 8.18. The zero-order valence-corrected chi connectivity index (χ0v) is 17.2. The number of carbonyl (C=O) groups is 2. The van der Waals surface area contributed by atoms with Crippen LogP contribution in [0.5, 0.6) is 5.75 Å². The Morgan fingerprint density at radius 3 is 2.55 bits per heavy atom. The molecule has 3 rings (SSSR count). The predicted octanol–water partition coefficient (Wildman–Crippen LogP) is 3.81. The molecule has 0 aliphatic carbocycles. The Morgan fingerprint density at radius 1 is 1.17 bits per heavy atom. The molecule has 0 saturated carbocycles. The van der Waals surface area contributed by atoms with Crippen LogP contribution in [0.25, 0.3) is 6.08 Å². The van der Waals surface area contributed by atoms with Gasteiger partial charge in [-0.25, -0.2) is 4.99 Å². The third-order valence-electron chi connectivity index (χ3n) is 3.99. The zero-order chi connectivity index (χ0) is 20.8.